The third kappa shape index (κ3) is 7.96. The van der Waals surface area contributed by atoms with Crippen LogP contribution < -0.4 is 0 Å². The molecule has 0 saturated carbocycles. The van der Waals surface area contributed by atoms with Crippen LogP contribution in [-0.2, 0) is 0 Å². The van der Waals surface area contributed by atoms with Crippen LogP contribution in [0.25, 0.3) is 0 Å². The second-order valence-electron chi connectivity index (χ2n) is 5.52. The second kappa shape index (κ2) is 9.93. The van der Waals surface area contributed by atoms with Crippen LogP contribution in [0.4, 0.5) is 0 Å². The van der Waals surface area contributed by atoms with Crippen LogP contribution >= 0.6 is 0 Å². The summed E-state index contributed by atoms with van der Waals surface area (Å²) in [4.78, 5) is 0. The molecule has 1 atom stereocenters. The molecule has 0 fully saturated rings. The lowest BCUT2D eigenvalue weighted by Gasteiger charge is -2.05. The zero-order chi connectivity index (χ0) is 11.5. The normalized spacial score (nSPS) is 28.9. The van der Waals surface area contributed by atoms with E-state index in [0.29, 0.717) is 0 Å². The van der Waals surface area contributed by atoms with Crippen molar-refractivity contribution in [1.29, 1.82) is 0 Å². The van der Waals surface area contributed by atoms with Gasteiger partial charge in [-0.05, 0) is 25.2 Å². The van der Waals surface area contributed by atoms with Crippen molar-refractivity contribution in [2.45, 2.75) is 84.0 Å². The average molecular weight is 222 g/mol. The zero-order valence-corrected chi connectivity index (χ0v) is 11.2. The Morgan fingerprint density at radius 2 is 1.19 bits per heavy atom. The quantitative estimate of drug-likeness (QED) is 0.449. The molecule has 0 radical (unpaired) electrons. The van der Waals surface area contributed by atoms with Crippen LogP contribution in [-0.4, -0.2) is 0 Å². The van der Waals surface area contributed by atoms with Gasteiger partial charge in [-0.25, -0.2) is 0 Å². The van der Waals surface area contributed by atoms with Gasteiger partial charge in [0.05, 0.1) is 0 Å². The molecule has 0 spiro atoms. The molecule has 0 aliphatic heterocycles. The molecule has 1 rings (SSSR count). The molecule has 1 aliphatic carbocycles. The van der Waals surface area contributed by atoms with Crippen LogP contribution in [0, 0.1) is 5.92 Å². The molecule has 0 N–H and O–H groups in total. The minimum Gasteiger partial charge on any atom is -0.0883 e. The van der Waals surface area contributed by atoms with E-state index >= 15 is 0 Å². The molecule has 1 unspecified atom stereocenters. The van der Waals surface area contributed by atoms with Crippen LogP contribution in [0.15, 0.2) is 12.2 Å². The summed E-state index contributed by atoms with van der Waals surface area (Å²) in [6, 6.07) is 0. The van der Waals surface area contributed by atoms with E-state index in [1.807, 2.05) is 0 Å². The Hall–Kier alpha value is -0.260. The highest BCUT2D eigenvalue weighted by atomic mass is 14.0. The molecule has 0 heteroatoms. The third-order valence-corrected chi connectivity index (χ3v) is 3.74. The van der Waals surface area contributed by atoms with E-state index < -0.39 is 0 Å². The molecular formula is C16H30. The Bertz CT molecular complexity index is 169. The monoisotopic (exact) mass is 222 g/mol. The smallest absolute Gasteiger partial charge is 0.0262 e. The lowest BCUT2D eigenvalue weighted by Crippen LogP contribution is -1.89. The van der Waals surface area contributed by atoms with Crippen molar-refractivity contribution in [1.82, 2.24) is 0 Å². The summed E-state index contributed by atoms with van der Waals surface area (Å²) in [6.45, 7) is 2.37. The average Bonchev–Trinajstić information content (AvgIpc) is 2.29. The highest BCUT2D eigenvalue weighted by Crippen LogP contribution is 2.16. The topological polar surface area (TPSA) is 0 Å². The molecule has 94 valence electrons. The Kier molecular flexibility index (Phi) is 8.57. The maximum absolute atomic E-state index is 2.44. The number of hydrogen-bond acceptors (Lipinski definition) is 0. The van der Waals surface area contributed by atoms with Gasteiger partial charge in [0, 0.05) is 0 Å². The number of hydrogen-bond donors (Lipinski definition) is 0. The first kappa shape index (κ1) is 13.8. The van der Waals surface area contributed by atoms with Crippen molar-refractivity contribution in [2.75, 3.05) is 0 Å². The Labute approximate surface area is 103 Å². The van der Waals surface area contributed by atoms with Gasteiger partial charge in [-0.2, -0.15) is 0 Å². The fourth-order valence-corrected chi connectivity index (χ4v) is 2.57. The van der Waals surface area contributed by atoms with Crippen LogP contribution in [0.2, 0.25) is 0 Å². The van der Waals surface area contributed by atoms with Gasteiger partial charge in [-0.15, -0.1) is 0 Å². The molecule has 0 nitrogen and oxygen atoms in total. The van der Waals surface area contributed by atoms with Crippen molar-refractivity contribution < 1.29 is 0 Å². The van der Waals surface area contributed by atoms with E-state index in [1.165, 1.54) is 77.0 Å². The van der Waals surface area contributed by atoms with Gasteiger partial charge < -0.3 is 0 Å². The van der Waals surface area contributed by atoms with Crippen LogP contribution in [0.1, 0.15) is 84.0 Å². The van der Waals surface area contributed by atoms with Gasteiger partial charge in [-0.1, -0.05) is 76.9 Å². The van der Waals surface area contributed by atoms with Crippen LogP contribution in [0.5, 0.6) is 0 Å². The fraction of sp³-hybridized carbons (Fsp3) is 0.875. The predicted octanol–water partition coefficient (Wildman–Crippen LogP) is 5.87. The molecule has 0 aromatic rings. The standard InChI is InChI=1S/C16H30/c1-16-14-12-10-8-6-4-2-3-5-7-9-11-13-15-16/h12,14,16H,2-11,13,15H2,1H3/b14-12+. The number of rotatable bonds is 0. The summed E-state index contributed by atoms with van der Waals surface area (Å²) < 4.78 is 0. The Balaban J connectivity index is 2.18. The summed E-state index contributed by atoms with van der Waals surface area (Å²) >= 11 is 0. The fourth-order valence-electron chi connectivity index (χ4n) is 2.57. The first-order valence-corrected chi connectivity index (χ1v) is 7.56. The van der Waals surface area contributed by atoms with E-state index in [0.717, 1.165) is 5.92 Å². The van der Waals surface area contributed by atoms with Crippen molar-refractivity contribution in [3.63, 3.8) is 0 Å². The van der Waals surface area contributed by atoms with Crippen molar-refractivity contribution >= 4 is 0 Å². The minimum atomic E-state index is 0.810. The van der Waals surface area contributed by atoms with E-state index in [1.54, 1.807) is 0 Å². The first-order chi connectivity index (χ1) is 7.89. The molecule has 0 heterocycles. The molecule has 0 aromatic carbocycles. The molecule has 1 aliphatic rings. The summed E-state index contributed by atoms with van der Waals surface area (Å²) in [5.74, 6) is 0.810. The summed E-state index contributed by atoms with van der Waals surface area (Å²) in [5, 5.41) is 0. The van der Waals surface area contributed by atoms with Crippen molar-refractivity contribution in [3.8, 4) is 0 Å². The minimum absolute atomic E-state index is 0.810. The van der Waals surface area contributed by atoms with E-state index in [4.69, 9.17) is 0 Å². The van der Waals surface area contributed by atoms with Gasteiger partial charge in [0.1, 0.15) is 0 Å². The van der Waals surface area contributed by atoms with Gasteiger partial charge in [0.25, 0.3) is 0 Å². The van der Waals surface area contributed by atoms with Crippen molar-refractivity contribution in [3.05, 3.63) is 12.2 Å². The number of allylic oxidation sites excluding steroid dienone is 2. The van der Waals surface area contributed by atoms with Gasteiger partial charge in [-0.3, -0.25) is 0 Å². The van der Waals surface area contributed by atoms with Gasteiger partial charge in [0.2, 0.25) is 0 Å². The maximum Gasteiger partial charge on any atom is -0.0262 e. The summed E-state index contributed by atoms with van der Waals surface area (Å²) in [5.41, 5.74) is 0. The Morgan fingerprint density at radius 1 is 0.688 bits per heavy atom. The maximum atomic E-state index is 2.44. The SMILES string of the molecule is CC1/C=C/CCCCCCCCCCCC1. The van der Waals surface area contributed by atoms with E-state index in [2.05, 4.69) is 19.1 Å². The highest BCUT2D eigenvalue weighted by molar-refractivity contribution is 4.86. The van der Waals surface area contributed by atoms with Gasteiger partial charge >= 0.3 is 0 Å². The Morgan fingerprint density at radius 3 is 1.81 bits per heavy atom. The van der Waals surface area contributed by atoms with E-state index in [-0.39, 0.29) is 0 Å². The summed E-state index contributed by atoms with van der Waals surface area (Å²) in [7, 11) is 0. The lowest BCUT2D eigenvalue weighted by atomic mass is 10.0. The zero-order valence-electron chi connectivity index (χ0n) is 11.2. The molecular weight excluding hydrogens is 192 g/mol. The van der Waals surface area contributed by atoms with Crippen LogP contribution in [0.3, 0.4) is 0 Å². The lowest BCUT2D eigenvalue weighted by molar-refractivity contribution is 0.528. The molecule has 0 amide bonds. The second-order valence-corrected chi connectivity index (χ2v) is 5.52. The van der Waals surface area contributed by atoms with Crippen molar-refractivity contribution in [2.24, 2.45) is 5.92 Å². The molecule has 0 bridgehead atoms. The third-order valence-electron chi connectivity index (χ3n) is 3.74. The van der Waals surface area contributed by atoms with Gasteiger partial charge in [0.15, 0.2) is 0 Å². The molecule has 0 aromatic heterocycles. The van der Waals surface area contributed by atoms with E-state index in [9.17, 15) is 0 Å². The first-order valence-electron chi connectivity index (χ1n) is 7.56. The highest BCUT2D eigenvalue weighted by Gasteiger charge is 1.98. The predicted molar refractivity (Wildman–Crippen MR) is 73.7 cm³/mol. The largest absolute Gasteiger partial charge is 0.0883 e. The molecule has 0 saturated heterocycles. The summed E-state index contributed by atoms with van der Waals surface area (Å²) in [6.07, 6.45) is 22.2. The molecule has 16 heavy (non-hydrogen) atoms.